The monoisotopic (exact) mass is 258 g/mol. The molecule has 6 heteroatoms. The molecule has 2 heterocycles. The molecule has 100 valence electrons. The molecule has 1 saturated carbocycles. The number of rotatable bonds is 3. The number of nitrogens with two attached hydrogens (primary N) is 1. The van der Waals surface area contributed by atoms with E-state index in [1.165, 1.54) is 25.7 Å². The highest BCUT2D eigenvalue weighted by atomic mass is 15.3. The second-order valence-corrected chi connectivity index (χ2v) is 5.02. The van der Waals surface area contributed by atoms with E-state index in [2.05, 4.69) is 15.4 Å². The molecule has 3 N–H and O–H groups in total. The molecule has 0 amide bonds. The molecule has 3 rings (SSSR count). The molecular weight excluding hydrogens is 240 g/mol. The third-order valence-electron chi connectivity index (χ3n) is 3.71. The molecule has 0 bridgehead atoms. The Morgan fingerprint density at radius 1 is 1.32 bits per heavy atom. The summed E-state index contributed by atoms with van der Waals surface area (Å²) in [6.07, 6.45) is 8.48. The SMILES string of the molecule is Cn1cncc1-c1nc(NN)cc(C2CCCC2)n1. The summed E-state index contributed by atoms with van der Waals surface area (Å²) >= 11 is 0. The summed E-state index contributed by atoms with van der Waals surface area (Å²) in [6, 6.07) is 1.95. The van der Waals surface area contributed by atoms with Gasteiger partial charge in [-0.3, -0.25) is 0 Å². The van der Waals surface area contributed by atoms with Crippen molar-refractivity contribution in [1.29, 1.82) is 0 Å². The average molecular weight is 258 g/mol. The van der Waals surface area contributed by atoms with Crippen molar-refractivity contribution in [2.75, 3.05) is 5.43 Å². The van der Waals surface area contributed by atoms with Crippen LogP contribution in [0.15, 0.2) is 18.6 Å². The third-order valence-corrected chi connectivity index (χ3v) is 3.71. The van der Waals surface area contributed by atoms with Crippen LogP contribution in [-0.2, 0) is 7.05 Å². The lowest BCUT2D eigenvalue weighted by Gasteiger charge is -2.12. The number of nitrogen functional groups attached to an aromatic ring is 1. The Morgan fingerprint density at radius 3 is 2.74 bits per heavy atom. The van der Waals surface area contributed by atoms with Crippen LogP contribution in [0.5, 0.6) is 0 Å². The largest absolute Gasteiger partial charge is 0.331 e. The van der Waals surface area contributed by atoms with Crippen LogP contribution in [0.4, 0.5) is 5.82 Å². The predicted molar refractivity (Wildman–Crippen MR) is 73.3 cm³/mol. The Balaban J connectivity index is 2.04. The van der Waals surface area contributed by atoms with E-state index >= 15 is 0 Å². The molecule has 1 aliphatic rings. The van der Waals surface area contributed by atoms with E-state index in [-0.39, 0.29) is 0 Å². The van der Waals surface area contributed by atoms with E-state index in [9.17, 15) is 0 Å². The van der Waals surface area contributed by atoms with Gasteiger partial charge in [0.15, 0.2) is 5.82 Å². The first-order chi connectivity index (χ1) is 9.28. The van der Waals surface area contributed by atoms with E-state index < -0.39 is 0 Å². The topological polar surface area (TPSA) is 81.7 Å². The Labute approximate surface area is 112 Å². The molecule has 2 aromatic heterocycles. The van der Waals surface area contributed by atoms with E-state index in [0.29, 0.717) is 17.6 Å². The predicted octanol–water partition coefficient (Wildman–Crippen LogP) is 1.82. The number of nitrogens with one attached hydrogen (secondary N) is 1. The highest BCUT2D eigenvalue weighted by Crippen LogP contribution is 2.34. The van der Waals surface area contributed by atoms with Crippen molar-refractivity contribution in [2.45, 2.75) is 31.6 Å². The lowest BCUT2D eigenvalue weighted by atomic mass is 10.0. The number of hydrazine groups is 1. The highest BCUT2D eigenvalue weighted by Gasteiger charge is 2.20. The van der Waals surface area contributed by atoms with Gasteiger partial charge in [-0.25, -0.2) is 20.8 Å². The first kappa shape index (κ1) is 12.1. The van der Waals surface area contributed by atoms with Crippen LogP contribution in [0.3, 0.4) is 0 Å². The fourth-order valence-corrected chi connectivity index (χ4v) is 2.66. The van der Waals surface area contributed by atoms with Crippen LogP contribution < -0.4 is 11.3 Å². The Bertz CT molecular complexity index is 570. The van der Waals surface area contributed by atoms with E-state index in [0.717, 1.165) is 11.4 Å². The summed E-state index contributed by atoms with van der Waals surface area (Å²) in [5, 5.41) is 0. The van der Waals surface area contributed by atoms with Crippen molar-refractivity contribution in [3.63, 3.8) is 0 Å². The molecule has 2 aromatic rings. The molecule has 19 heavy (non-hydrogen) atoms. The van der Waals surface area contributed by atoms with Crippen LogP contribution >= 0.6 is 0 Å². The zero-order valence-electron chi connectivity index (χ0n) is 11.0. The fourth-order valence-electron chi connectivity index (χ4n) is 2.66. The normalized spacial score (nSPS) is 15.9. The Morgan fingerprint density at radius 2 is 2.11 bits per heavy atom. The van der Waals surface area contributed by atoms with Crippen LogP contribution in [-0.4, -0.2) is 19.5 Å². The molecule has 0 radical (unpaired) electrons. The van der Waals surface area contributed by atoms with Gasteiger partial charge in [0.25, 0.3) is 0 Å². The maximum atomic E-state index is 5.52. The number of anilines is 1. The molecule has 0 atom stereocenters. The molecule has 0 aliphatic heterocycles. The highest BCUT2D eigenvalue weighted by molar-refractivity contribution is 5.53. The maximum Gasteiger partial charge on any atom is 0.180 e. The van der Waals surface area contributed by atoms with Gasteiger partial charge in [-0.15, -0.1) is 0 Å². The molecule has 0 aromatic carbocycles. The van der Waals surface area contributed by atoms with Crippen LogP contribution in [0.2, 0.25) is 0 Å². The summed E-state index contributed by atoms with van der Waals surface area (Å²) in [5.41, 5.74) is 4.61. The third kappa shape index (κ3) is 2.31. The minimum atomic E-state index is 0.530. The number of nitrogens with zero attached hydrogens (tertiary/aromatic N) is 4. The number of hydrogen-bond acceptors (Lipinski definition) is 5. The fraction of sp³-hybridized carbons (Fsp3) is 0.462. The van der Waals surface area contributed by atoms with Gasteiger partial charge in [0.05, 0.1) is 12.5 Å². The minimum absolute atomic E-state index is 0.530. The van der Waals surface area contributed by atoms with E-state index in [1.807, 2.05) is 17.7 Å². The average Bonchev–Trinajstić information content (AvgIpc) is 3.09. The van der Waals surface area contributed by atoms with Gasteiger partial charge in [-0.1, -0.05) is 12.8 Å². The van der Waals surface area contributed by atoms with Crippen molar-refractivity contribution in [3.05, 3.63) is 24.3 Å². The van der Waals surface area contributed by atoms with Gasteiger partial charge in [0.1, 0.15) is 11.5 Å². The van der Waals surface area contributed by atoms with Gasteiger partial charge in [0, 0.05) is 24.7 Å². The molecule has 1 fully saturated rings. The Kier molecular flexibility index (Phi) is 3.16. The molecule has 1 aliphatic carbocycles. The first-order valence-corrected chi connectivity index (χ1v) is 6.60. The van der Waals surface area contributed by atoms with Crippen molar-refractivity contribution < 1.29 is 0 Å². The van der Waals surface area contributed by atoms with Crippen molar-refractivity contribution in [3.8, 4) is 11.5 Å². The summed E-state index contributed by atoms with van der Waals surface area (Å²) in [7, 11) is 1.93. The molecule has 6 nitrogen and oxygen atoms in total. The summed E-state index contributed by atoms with van der Waals surface area (Å²) in [4.78, 5) is 13.2. The number of aryl methyl sites for hydroxylation is 1. The summed E-state index contributed by atoms with van der Waals surface area (Å²) in [6.45, 7) is 0. The standard InChI is InChI=1S/C13H18N6/c1-19-8-15-7-11(19)13-16-10(6-12(17-13)18-14)9-4-2-3-5-9/h6-9H,2-5,14H2,1H3,(H,16,17,18). The molecule has 0 saturated heterocycles. The van der Waals surface area contributed by atoms with Crippen LogP contribution in [0.1, 0.15) is 37.3 Å². The van der Waals surface area contributed by atoms with Gasteiger partial charge >= 0.3 is 0 Å². The molecule has 0 spiro atoms. The first-order valence-electron chi connectivity index (χ1n) is 6.60. The van der Waals surface area contributed by atoms with Crippen molar-refractivity contribution in [2.24, 2.45) is 12.9 Å². The minimum Gasteiger partial charge on any atom is -0.331 e. The van der Waals surface area contributed by atoms with E-state index in [1.54, 1.807) is 12.5 Å². The zero-order valence-corrected chi connectivity index (χ0v) is 11.0. The van der Waals surface area contributed by atoms with Gasteiger partial charge < -0.3 is 9.99 Å². The van der Waals surface area contributed by atoms with Gasteiger partial charge in [-0.2, -0.15) is 0 Å². The number of hydrogen-bond donors (Lipinski definition) is 2. The quantitative estimate of drug-likeness (QED) is 0.648. The zero-order chi connectivity index (χ0) is 13.2. The van der Waals surface area contributed by atoms with E-state index in [4.69, 9.17) is 10.8 Å². The van der Waals surface area contributed by atoms with Crippen LogP contribution in [0.25, 0.3) is 11.5 Å². The second kappa shape index (κ2) is 4.97. The molecule has 0 unspecified atom stereocenters. The van der Waals surface area contributed by atoms with Gasteiger partial charge in [0.2, 0.25) is 0 Å². The number of aromatic nitrogens is 4. The lowest BCUT2D eigenvalue weighted by Crippen LogP contribution is -2.12. The summed E-state index contributed by atoms with van der Waals surface area (Å²) < 4.78 is 1.91. The maximum absolute atomic E-state index is 5.52. The summed E-state index contributed by atoms with van der Waals surface area (Å²) in [5.74, 6) is 7.38. The van der Waals surface area contributed by atoms with Crippen molar-refractivity contribution in [1.82, 2.24) is 19.5 Å². The van der Waals surface area contributed by atoms with Crippen molar-refractivity contribution >= 4 is 5.82 Å². The lowest BCUT2D eigenvalue weighted by molar-refractivity contribution is 0.694. The smallest absolute Gasteiger partial charge is 0.180 e. The Hall–Kier alpha value is -1.95. The number of imidazole rings is 1. The van der Waals surface area contributed by atoms with Gasteiger partial charge in [-0.05, 0) is 12.8 Å². The van der Waals surface area contributed by atoms with Crippen LogP contribution in [0, 0.1) is 0 Å². The second-order valence-electron chi connectivity index (χ2n) is 5.02. The molecular formula is C13H18N6.